The lowest BCUT2D eigenvalue weighted by Crippen LogP contribution is -2.51. The molecule has 1 heterocycles. The van der Waals surface area contributed by atoms with Crippen LogP contribution in [-0.4, -0.2) is 77.5 Å². The Hall–Kier alpha value is -1.34. The molecule has 19 heavy (non-hydrogen) atoms. The second kappa shape index (κ2) is 7.96. The van der Waals surface area contributed by atoms with Gasteiger partial charge in [-0.1, -0.05) is 0 Å². The van der Waals surface area contributed by atoms with E-state index >= 15 is 0 Å². The van der Waals surface area contributed by atoms with Crippen LogP contribution in [0, 0.1) is 0 Å². The predicted molar refractivity (Wildman–Crippen MR) is 67.9 cm³/mol. The Labute approximate surface area is 112 Å². The van der Waals surface area contributed by atoms with Crippen molar-refractivity contribution in [2.45, 2.75) is 25.9 Å². The number of carbonyl (C=O) groups excluding carboxylic acids is 1. The molecule has 7 nitrogen and oxygen atoms in total. The van der Waals surface area contributed by atoms with E-state index < -0.39 is 12.1 Å². The van der Waals surface area contributed by atoms with Crippen molar-refractivity contribution in [3.63, 3.8) is 0 Å². The number of urea groups is 1. The number of hydrogen-bond donors (Lipinski definition) is 2. The number of aliphatic carboxylic acids is 1. The summed E-state index contributed by atoms with van der Waals surface area (Å²) in [5, 5.41) is 17.5. The van der Waals surface area contributed by atoms with Crippen LogP contribution in [0.5, 0.6) is 0 Å². The van der Waals surface area contributed by atoms with Gasteiger partial charge in [0.15, 0.2) is 0 Å². The fraction of sp³-hybridized carbons (Fsp3) is 0.833. The number of hydrogen-bond acceptors (Lipinski definition) is 4. The number of rotatable bonds is 6. The Kier molecular flexibility index (Phi) is 6.58. The standard InChI is InChI=1S/C12H22N2O5/c1-2-13(4-3-6-15)12(18)14-5-7-19-10(9-14)8-11(16)17/h10,15H,2-9H2,1H3,(H,16,17). The van der Waals surface area contributed by atoms with Gasteiger partial charge in [-0.15, -0.1) is 0 Å². The maximum absolute atomic E-state index is 12.2. The quantitative estimate of drug-likeness (QED) is 0.710. The van der Waals surface area contributed by atoms with Crippen LogP contribution < -0.4 is 0 Å². The minimum Gasteiger partial charge on any atom is -0.481 e. The third-order valence-corrected chi connectivity index (χ3v) is 3.05. The summed E-state index contributed by atoms with van der Waals surface area (Å²) in [5.41, 5.74) is 0. The normalized spacial score (nSPS) is 19.3. The molecule has 1 rings (SSSR count). The van der Waals surface area contributed by atoms with Crippen LogP contribution in [-0.2, 0) is 9.53 Å². The average molecular weight is 274 g/mol. The minimum absolute atomic E-state index is 0.0501. The van der Waals surface area contributed by atoms with Gasteiger partial charge in [-0.2, -0.15) is 0 Å². The third-order valence-electron chi connectivity index (χ3n) is 3.05. The van der Waals surface area contributed by atoms with Gasteiger partial charge in [-0.3, -0.25) is 4.79 Å². The highest BCUT2D eigenvalue weighted by Gasteiger charge is 2.28. The van der Waals surface area contributed by atoms with Gasteiger partial charge in [0.05, 0.1) is 19.1 Å². The maximum Gasteiger partial charge on any atom is 0.320 e. The van der Waals surface area contributed by atoms with E-state index in [2.05, 4.69) is 0 Å². The summed E-state index contributed by atoms with van der Waals surface area (Å²) in [6.45, 7) is 4.15. The molecule has 1 aliphatic heterocycles. The topological polar surface area (TPSA) is 90.3 Å². The SMILES string of the molecule is CCN(CCCO)C(=O)N1CCOC(CC(=O)O)C1. The summed E-state index contributed by atoms with van der Waals surface area (Å²) < 4.78 is 5.33. The van der Waals surface area contributed by atoms with Crippen LogP contribution in [0.4, 0.5) is 4.79 Å². The molecule has 2 N–H and O–H groups in total. The molecule has 1 saturated heterocycles. The van der Waals surface area contributed by atoms with E-state index in [1.807, 2.05) is 6.92 Å². The van der Waals surface area contributed by atoms with Crippen molar-refractivity contribution in [2.24, 2.45) is 0 Å². The number of aliphatic hydroxyl groups excluding tert-OH is 1. The van der Waals surface area contributed by atoms with Crippen LogP contribution in [0.3, 0.4) is 0 Å². The number of carboxylic acid groups (broad SMARTS) is 1. The van der Waals surface area contributed by atoms with Gasteiger partial charge in [-0.05, 0) is 13.3 Å². The molecule has 0 aromatic carbocycles. The van der Waals surface area contributed by atoms with Crippen molar-refractivity contribution in [1.29, 1.82) is 0 Å². The summed E-state index contributed by atoms with van der Waals surface area (Å²) in [5.74, 6) is -0.924. The third kappa shape index (κ3) is 5.04. The van der Waals surface area contributed by atoms with Crippen LogP contribution in [0.2, 0.25) is 0 Å². The Bertz CT molecular complexity index is 310. The van der Waals surface area contributed by atoms with Crippen molar-refractivity contribution >= 4 is 12.0 Å². The molecular formula is C12H22N2O5. The van der Waals surface area contributed by atoms with Crippen LogP contribution in [0.25, 0.3) is 0 Å². The Morgan fingerprint density at radius 1 is 1.47 bits per heavy atom. The highest BCUT2D eigenvalue weighted by Crippen LogP contribution is 2.11. The molecule has 0 bridgehead atoms. The van der Waals surface area contributed by atoms with E-state index in [-0.39, 0.29) is 19.1 Å². The highest BCUT2D eigenvalue weighted by molar-refractivity contribution is 5.74. The molecule has 0 aromatic heterocycles. The smallest absolute Gasteiger partial charge is 0.320 e. The first-order valence-electron chi connectivity index (χ1n) is 6.56. The fourth-order valence-electron chi connectivity index (χ4n) is 2.06. The average Bonchev–Trinajstić information content (AvgIpc) is 2.39. The lowest BCUT2D eigenvalue weighted by Gasteiger charge is -2.35. The van der Waals surface area contributed by atoms with Crippen molar-refractivity contribution in [2.75, 3.05) is 39.4 Å². The van der Waals surface area contributed by atoms with Gasteiger partial charge in [0.1, 0.15) is 0 Å². The number of carbonyl (C=O) groups is 2. The number of carboxylic acids is 1. The zero-order valence-corrected chi connectivity index (χ0v) is 11.2. The van der Waals surface area contributed by atoms with Gasteiger partial charge in [0.2, 0.25) is 0 Å². The van der Waals surface area contributed by atoms with Gasteiger partial charge in [0.25, 0.3) is 0 Å². The van der Waals surface area contributed by atoms with E-state index in [1.165, 1.54) is 0 Å². The Morgan fingerprint density at radius 2 is 2.21 bits per heavy atom. The van der Waals surface area contributed by atoms with E-state index in [0.717, 1.165) is 0 Å². The molecule has 0 radical (unpaired) electrons. The number of nitrogens with zero attached hydrogens (tertiary/aromatic N) is 2. The molecule has 1 atom stereocenters. The second-order valence-corrected chi connectivity index (χ2v) is 4.48. The number of morpholine rings is 1. The molecule has 7 heteroatoms. The highest BCUT2D eigenvalue weighted by atomic mass is 16.5. The molecule has 0 spiro atoms. The summed E-state index contributed by atoms with van der Waals surface area (Å²) in [6.07, 6.45) is 0.0152. The number of ether oxygens (including phenoxy) is 1. The molecule has 2 amide bonds. The number of aliphatic hydroxyl groups is 1. The summed E-state index contributed by atoms with van der Waals surface area (Å²) >= 11 is 0. The molecule has 110 valence electrons. The molecule has 1 unspecified atom stereocenters. The van der Waals surface area contributed by atoms with Gasteiger partial charge in [-0.25, -0.2) is 4.79 Å². The van der Waals surface area contributed by atoms with E-state index in [0.29, 0.717) is 39.2 Å². The largest absolute Gasteiger partial charge is 0.481 e. The maximum atomic E-state index is 12.2. The van der Waals surface area contributed by atoms with Crippen molar-refractivity contribution < 1.29 is 24.5 Å². The first-order chi connectivity index (χ1) is 9.08. The zero-order chi connectivity index (χ0) is 14.3. The number of amides is 2. The monoisotopic (exact) mass is 274 g/mol. The van der Waals surface area contributed by atoms with Crippen LogP contribution in [0.15, 0.2) is 0 Å². The van der Waals surface area contributed by atoms with Crippen molar-refractivity contribution in [1.82, 2.24) is 9.80 Å². The van der Waals surface area contributed by atoms with Crippen LogP contribution in [0.1, 0.15) is 19.8 Å². The van der Waals surface area contributed by atoms with Crippen molar-refractivity contribution in [3.05, 3.63) is 0 Å². The summed E-state index contributed by atoms with van der Waals surface area (Å²) in [4.78, 5) is 26.2. The molecule has 0 aliphatic carbocycles. The van der Waals surface area contributed by atoms with Gasteiger partial charge >= 0.3 is 12.0 Å². The Morgan fingerprint density at radius 3 is 2.79 bits per heavy atom. The minimum atomic E-state index is -0.924. The fourth-order valence-corrected chi connectivity index (χ4v) is 2.06. The summed E-state index contributed by atoms with van der Waals surface area (Å²) in [6, 6.07) is -0.116. The molecule has 1 fully saturated rings. The Balaban J connectivity index is 2.52. The zero-order valence-electron chi connectivity index (χ0n) is 11.2. The van der Waals surface area contributed by atoms with Gasteiger partial charge in [0, 0.05) is 32.8 Å². The summed E-state index contributed by atoms with van der Waals surface area (Å²) in [7, 11) is 0. The molecule has 0 saturated carbocycles. The van der Waals surface area contributed by atoms with Crippen molar-refractivity contribution in [3.8, 4) is 0 Å². The first-order valence-corrected chi connectivity index (χ1v) is 6.56. The van der Waals surface area contributed by atoms with E-state index in [1.54, 1.807) is 9.80 Å². The van der Waals surface area contributed by atoms with E-state index in [4.69, 9.17) is 14.9 Å². The second-order valence-electron chi connectivity index (χ2n) is 4.48. The van der Waals surface area contributed by atoms with E-state index in [9.17, 15) is 9.59 Å². The lowest BCUT2D eigenvalue weighted by atomic mass is 10.2. The van der Waals surface area contributed by atoms with Gasteiger partial charge < -0.3 is 24.7 Å². The molecule has 0 aromatic rings. The molecule has 1 aliphatic rings. The lowest BCUT2D eigenvalue weighted by molar-refractivity contribution is -0.141. The molecular weight excluding hydrogens is 252 g/mol. The van der Waals surface area contributed by atoms with Crippen LogP contribution >= 0.6 is 0 Å². The first kappa shape index (κ1) is 15.7. The predicted octanol–water partition coefficient (Wildman–Crippen LogP) is -0.0138.